The Bertz CT molecular complexity index is 345. The first-order valence-corrected chi connectivity index (χ1v) is 5.72. The molecule has 1 unspecified atom stereocenters. The van der Waals surface area contributed by atoms with E-state index in [-0.39, 0.29) is 11.5 Å². The van der Waals surface area contributed by atoms with Crippen molar-refractivity contribution in [3.05, 3.63) is 35.4 Å². The molecule has 1 atom stereocenters. The largest absolute Gasteiger partial charge is 0.293 e. The van der Waals surface area contributed by atoms with Crippen molar-refractivity contribution < 1.29 is 9.00 Å². The van der Waals surface area contributed by atoms with Crippen molar-refractivity contribution in [2.24, 2.45) is 0 Å². The first-order chi connectivity index (χ1) is 6.09. The highest BCUT2D eigenvalue weighted by atomic mass is 32.2. The van der Waals surface area contributed by atoms with Gasteiger partial charge >= 0.3 is 0 Å². The summed E-state index contributed by atoms with van der Waals surface area (Å²) in [7, 11) is -1.05. The lowest BCUT2D eigenvalue weighted by atomic mass is 10.1. The Labute approximate surface area is 80.4 Å². The number of ketones is 1. The van der Waals surface area contributed by atoms with Gasteiger partial charge in [-0.1, -0.05) is 23.8 Å². The third-order valence-electron chi connectivity index (χ3n) is 1.67. The normalized spacial score (nSPS) is 12.5. The molecule has 3 heteroatoms. The van der Waals surface area contributed by atoms with Crippen LogP contribution in [0.4, 0.5) is 0 Å². The van der Waals surface area contributed by atoms with E-state index in [2.05, 4.69) is 0 Å². The minimum Gasteiger partial charge on any atom is -0.293 e. The summed E-state index contributed by atoms with van der Waals surface area (Å²) >= 11 is 0. The van der Waals surface area contributed by atoms with Crippen LogP contribution in [0.15, 0.2) is 24.3 Å². The predicted octanol–water partition coefficient (Wildman–Crippen LogP) is 1.56. The van der Waals surface area contributed by atoms with Crippen molar-refractivity contribution in [1.29, 1.82) is 0 Å². The number of benzene rings is 1. The quantitative estimate of drug-likeness (QED) is 0.687. The van der Waals surface area contributed by atoms with Crippen molar-refractivity contribution in [3.63, 3.8) is 0 Å². The number of rotatable bonds is 3. The molecular weight excluding hydrogens is 184 g/mol. The van der Waals surface area contributed by atoms with Gasteiger partial charge in [0.1, 0.15) is 0 Å². The maximum Gasteiger partial charge on any atom is 0.175 e. The van der Waals surface area contributed by atoms with E-state index in [1.807, 2.05) is 25.1 Å². The van der Waals surface area contributed by atoms with Crippen LogP contribution in [0.2, 0.25) is 0 Å². The molecule has 1 aromatic carbocycles. The summed E-state index contributed by atoms with van der Waals surface area (Å²) in [6.07, 6.45) is 1.54. The average molecular weight is 196 g/mol. The topological polar surface area (TPSA) is 34.1 Å². The van der Waals surface area contributed by atoms with E-state index in [0.717, 1.165) is 5.56 Å². The lowest BCUT2D eigenvalue weighted by Gasteiger charge is -1.99. The summed E-state index contributed by atoms with van der Waals surface area (Å²) in [6.45, 7) is 1.93. The Kier molecular flexibility index (Phi) is 3.37. The molecular formula is C10H12O2S. The Morgan fingerprint density at radius 3 is 2.69 bits per heavy atom. The molecule has 0 fully saturated rings. The van der Waals surface area contributed by atoms with E-state index in [4.69, 9.17) is 0 Å². The molecule has 0 bridgehead atoms. The highest BCUT2D eigenvalue weighted by Gasteiger charge is 2.06. The first kappa shape index (κ1) is 10.1. The maximum absolute atomic E-state index is 11.4. The summed E-state index contributed by atoms with van der Waals surface area (Å²) in [6, 6.07) is 7.33. The minimum atomic E-state index is -1.05. The molecule has 0 aliphatic carbocycles. The summed E-state index contributed by atoms with van der Waals surface area (Å²) in [5, 5.41) is 0. The van der Waals surface area contributed by atoms with Gasteiger partial charge in [-0.2, -0.15) is 0 Å². The molecule has 0 aromatic heterocycles. The fourth-order valence-corrected chi connectivity index (χ4v) is 1.62. The predicted molar refractivity (Wildman–Crippen MR) is 54.4 cm³/mol. The Morgan fingerprint density at radius 1 is 1.46 bits per heavy atom. The van der Waals surface area contributed by atoms with E-state index < -0.39 is 10.8 Å². The van der Waals surface area contributed by atoms with Crippen LogP contribution in [0.25, 0.3) is 0 Å². The molecule has 2 nitrogen and oxygen atoms in total. The monoisotopic (exact) mass is 196 g/mol. The third-order valence-corrected chi connectivity index (χ3v) is 2.34. The number of hydrogen-bond donors (Lipinski definition) is 0. The highest BCUT2D eigenvalue weighted by molar-refractivity contribution is 7.85. The zero-order valence-corrected chi connectivity index (χ0v) is 8.56. The van der Waals surface area contributed by atoms with Crippen LogP contribution in [-0.2, 0) is 10.8 Å². The van der Waals surface area contributed by atoms with E-state index in [1.54, 1.807) is 6.07 Å². The number of carbonyl (C=O) groups excluding carboxylic acids is 1. The number of Topliss-reactive ketones (excluding diaryl/α,β-unsaturated/α-hetero) is 1. The van der Waals surface area contributed by atoms with Gasteiger partial charge in [-0.3, -0.25) is 9.00 Å². The minimum absolute atomic E-state index is 0.0514. The summed E-state index contributed by atoms with van der Waals surface area (Å²) in [5.74, 6) is 0.0632. The second kappa shape index (κ2) is 4.33. The van der Waals surface area contributed by atoms with Crippen LogP contribution in [0.1, 0.15) is 15.9 Å². The molecule has 0 spiro atoms. The maximum atomic E-state index is 11.4. The van der Waals surface area contributed by atoms with Crippen LogP contribution in [-0.4, -0.2) is 22.0 Å². The van der Waals surface area contributed by atoms with Gasteiger partial charge in [0.2, 0.25) is 0 Å². The van der Waals surface area contributed by atoms with Gasteiger partial charge in [-0.05, 0) is 13.0 Å². The van der Waals surface area contributed by atoms with Crippen LogP contribution < -0.4 is 0 Å². The Hall–Kier alpha value is -0.960. The zero-order chi connectivity index (χ0) is 9.84. The molecule has 1 rings (SSSR count). The molecule has 1 aromatic rings. The van der Waals surface area contributed by atoms with Crippen molar-refractivity contribution in [2.45, 2.75) is 6.92 Å². The Balaban J connectivity index is 2.83. The fraction of sp³-hybridized carbons (Fsp3) is 0.300. The van der Waals surface area contributed by atoms with E-state index in [1.165, 1.54) is 6.26 Å². The highest BCUT2D eigenvalue weighted by Crippen LogP contribution is 2.05. The smallest absolute Gasteiger partial charge is 0.175 e. The van der Waals surface area contributed by atoms with Gasteiger partial charge in [-0.15, -0.1) is 0 Å². The van der Waals surface area contributed by atoms with Gasteiger partial charge in [0.25, 0.3) is 0 Å². The number of aryl methyl sites for hydroxylation is 1. The molecule has 0 N–H and O–H groups in total. The van der Waals surface area contributed by atoms with E-state index in [9.17, 15) is 9.00 Å². The van der Waals surface area contributed by atoms with Crippen molar-refractivity contribution in [1.82, 2.24) is 0 Å². The van der Waals surface area contributed by atoms with Crippen LogP contribution in [0, 0.1) is 6.92 Å². The van der Waals surface area contributed by atoms with Crippen LogP contribution >= 0.6 is 0 Å². The van der Waals surface area contributed by atoms with Crippen molar-refractivity contribution in [3.8, 4) is 0 Å². The lowest BCUT2D eigenvalue weighted by Crippen LogP contribution is -2.09. The molecule has 0 amide bonds. The van der Waals surface area contributed by atoms with E-state index >= 15 is 0 Å². The van der Waals surface area contributed by atoms with E-state index in [0.29, 0.717) is 5.56 Å². The molecule has 0 aliphatic rings. The Morgan fingerprint density at radius 2 is 2.15 bits per heavy atom. The summed E-state index contributed by atoms with van der Waals surface area (Å²) < 4.78 is 10.8. The van der Waals surface area contributed by atoms with Gasteiger partial charge in [0.05, 0.1) is 5.75 Å². The zero-order valence-electron chi connectivity index (χ0n) is 7.74. The lowest BCUT2D eigenvalue weighted by molar-refractivity contribution is 0.102. The molecule has 0 heterocycles. The molecule has 13 heavy (non-hydrogen) atoms. The molecule has 0 saturated carbocycles. The molecule has 0 saturated heterocycles. The van der Waals surface area contributed by atoms with Crippen LogP contribution in [0.3, 0.4) is 0 Å². The van der Waals surface area contributed by atoms with Crippen molar-refractivity contribution >= 4 is 16.6 Å². The van der Waals surface area contributed by atoms with Crippen molar-refractivity contribution in [2.75, 3.05) is 12.0 Å². The second-order valence-electron chi connectivity index (χ2n) is 3.01. The van der Waals surface area contributed by atoms with Crippen LogP contribution in [0.5, 0.6) is 0 Å². The SMILES string of the molecule is Cc1cccc(C(=O)CS(C)=O)c1. The summed E-state index contributed by atoms with van der Waals surface area (Å²) in [4.78, 5) is 11.4. The fourth-order valence-electron chi connectivity index (χ4n) is 1.09. The van der Waals surface area contributed by atoms with Gasteiger partial charge in [-0.25, -0.2) is 0 Å². The van der Waals surface area contributed by atoms with Gasteiger partial charge < -0.3 is 0 Å². The molecule has 0 aliphatic heterocycles. The second-order valence-corrected chi connectivity index (χ2v) is 4.45. The first-order valence-electron chi connectivity index (χ1n) is 3.99. The number of hydrogen-bond acceptors (Lipinski definition) is 2. The number of carbonyl (C=O) groups is 1. The van der Waals surface area contributed by atoms with Gasteiger partial charge in [0, 0.05) is 22.6 Å². The standard InChI is InChI=1S/C10H12O2S/c1-8-4-3-5-9(6-8)10(11)7-13(2)12/h3-6H,7H2,1-2H3. The third kappa shape index (κ3) is 3.11. The molecule has 0 radical (unpaired) electrons. The molecule has 70 valence electrons. The average Bonchev–Trinajstić information content (AvgIpc) is 2.03. The van der Waals surface area contributed by atoms with Gasteiger partial charge in [0.15, 0.2) is 5.78 Å². The summed E-state index contributed by atoms with van der Waals surface area (Å²) in [5.41, 5.74) is 1.70.